The Morgan fingerprint density at radius 1 is 1.14 bits per heavy atom. The predicted molar refractivity (Wildman–Crippen MR) is 78.4 cm³/mol. The van der Waals surface area contributed by atoms with Crippen LogP contribution in [0.25, 0.3) is 6.08 Å². The summed E-state index contributed by atoms with van der Waals surface area (Å²) >= 11 is 0. The van der Waals surface area contributed by atoms with E-state index in [1.807, 2.05) is 30.3 Å². The zero-order chi connectivity index (χ0) is 14.7. The van der Waals surface area contributed by atoms with E-state index >= 15 is 0 Å². The molecular weight excluding hydrogens is 268 g/mol. The molecule has 0 bridgehead atoms. The molecule has 1 aliphatic heterocycles. The smallest absolute Gasteiger partial charge is 0.231 e. The first-order valence-electron chi connectivity index (χ1n) is 6.65. The van der Waals surface area contributed by atoms with E-state index in [0.29, 0.717) is 22.8 Å². The Bertz CT molecular complexity index is 689. The minimum atomic E-state index is -0.137. The fourth-order valence-electron chi connectivity index (χ4n) is 2.12. The first-order chi connectivity index (χ1) is 10.3. The largest absolute Gasteiger partial charge is 0.491 e. The van der Waals surface area contributed by atoms with E-state index in [9.17, 15) is 4.79 Å². The van der Waals surface area contributed by atoms with Gasteiger partial charge in [-0.25, -0.2) is 0 Å². The molecule has 0 radical (unpaired) electrons. The van der Waals surface area contributed by atoms with Crippen LogP contribution in [-0.4, -0.2) is 24.1 Å². The Morgan fingerprint density at radius 3 is 2.71 bits per heavy atom. The van der Waals surface area contributed by atoms with Crippen molar-refractivity contribution in [2.75, 3.05) is 13.2 Å². The van der Waals surface area contributed by atoms with Gasteiger partial charge in [-0.05, 0) is 23.8 Å². The first kappa shape index (κ1) is 13.4. The second-order valence-electron chi connectivity index (χ2n) is 4.58. The topological polar surface area (TPSA) is 55.8 Å². The highest BCUT2D eigenvalue weighted by Gasteiger charge is 2.27. The molecular formula is C17H14O4. The third-order valence-electron chi connectivity index (χ3n) is 3.10. The molecule has 0 unspecified atom stereocenters. The Balaban J connectivity index is 1.86. The van der Waals surface area contributed by atoms with E-state index in [2.05, 4.69) is 0 Å². The Kier molecular flexibility index (Phi) is 3.71. The molecule has 0 aromatic heterocycles. The SMILES string of the molecule is O=C1/C(=C/c2ccccc2)Oc2cc(OCCO)ccc21. The summed E-state index contributed by atoms with van der Waals surface area (Å²) in [5, 5.41) is 8.75. The van der Waals surface area contributed by atoms with E-state index in [4.69, 9.17) is 14.6 Å². The summed E-state index contributed by atoms with van der Waals surface area (Å²) in [6.45, 7) is 0.148. The highest BCUT2D eigenvalue weighted by molar-refractivity contribution is 6.14. The molecule has 1 aliphatic rings. The zero-order valence-corrected chi connectivity index (χ0v) is 11.3. The molecule has 0 amide bonds. The van der Waals surface area contributed by atoms with Gasteiger partial charge in [-0.1, -0.05) is 30.3 Å². The molecule has 3 rings (SSSR count). The van der Waals surface area contributed by atoms with Gasteiger partial charge in [-0.3, -0.25) is 4.79 Å². The van der Waals surface area contributed by atoms with Crippen molar-refractivity contribution in [3.05, 3.63) is 65.4 Å². The van der Waals surface area contributed by atoms with Crippen molar-refractivity contribution in [2.24, 2.45) is 0 Å². The molecule has 0 spiro atoms. The molecule has 1 N–H and O–H groups in total. The number of benzene rings is 2. The molecule has 1 heterocycles. The van der Waals surface area contributed by atoms with E-state index in [1.165, 1.54) is 0 Å². The van der Waals surface area contributed by atoms with Crippen molar-refractivity contribution in [3.63, 3.8) is 0 Å². The fourth-order valence-corrected chi connectivity index (χ4v) is 2.12. The van der Waals surface area contributed by atoms with Gasteiger partial charge in [0.2, 0.25) is 5.78 Å². The van der Waals surface area contributed by atoms with Crippen molar-refractivity contribution >= 4 is 11.9 Å². The summed E-state index contributed by atoms with van der Waals surface area (Å²) in [4.78, 5) is 12.3. The number of ether oxygens (including phenoxy) is 2. The average molecular weight is 282 g/mol. The summed E-state index contributed by atoms with van der Waals surface area (Å²) in [6.07, 6.45) is 1.72. The second-order valence-corrected chi connectivity index (χ2v) is 4.58. The van der Waals surface area contributed by atoms with Crippen molar-refractivity contribution in [2.45, 2.75) is 0 Å². The van der Waals surface area contributed by atoms with Crippen LogP contribution in [0.15, 0.2) is 54.3 Å². The average Bonchev–Trinajstić information content (AvgIpc) is 2.82. The van der Waals surface area contributed by atoms with Gasteiger partial charge in [0.1, 0.15) is 18.1 Å². The van der Waals surface area contributed by atoms with Crippen molar-refractivity contribution in [1.82, 2.24) is 0 Å². The molecule has 0 atom stereocenters. The molecule has 0 saturated carbocycles. The van der Waals surface area contributed by atoms with E-state index in [0.717, 1.165) is 5.56 Å². The molecule has 2 aromatic carbocycles. The zero-order valence-electron chi connectivity index (χ0n) is 11.3. The number of fused-ring (bicyclic) bond motifs is 1. The number of ketones is 1. The van der Waals surface area contributed by atoms with Crippen LogP contribution in [0.4, 0.5) is 0 Å². The third-order valence-corrected chi connectivity index (χ3v) is 3.10. The van der Waals surface area contributed by atoms with Crippen molar-refractivity contribution in [1.29, 1.82) is 0 Å². The van der Waals surface area contributed by atoms with Crippen LogP contribution in [0.5, 0.6) is 11.5 Å². The minimum absolute atomic E-state index is 0.0595. The lowest BCUT2D eigenvalue weighted by molar-refractivity contribution is 0.101. The maximum atomic E-state index is 12.3. The van der Waals surface area contributed by atoms with Gasteiger partial charge in [0, 0.05) is 6.07 Å². The predicted octanol–water partition coefficient (Wildman–Crippen LogP) is 2.67. The van der Waals surface area contributed by atoms with Gasteiger partial charge < -0.3 is 14.6 Å². The number of allylic oxidation sites excluding steroid dienone is 1. The molecule has 0 aliphatic carbocycles. The maximum absolute atomic E-state index is 12.3. The number of carbonyl (C=O) groups excluding carboxylic acids is 1. The summed E-state index contributed by atoms with van der Waals surface area (Å²) in [5.74, 6) is 1.22. The first-order valence-corrected chi connectivity index (χ1v) is 6.65. The lowest BCUT2D eigenvalue weighted by atomic mass is 10.1. The van der Waals surface area contributed by atoms with Crippen LogP contribution in [0.2, 0.25) is 0 Å². The maximum Gasteiger partial charge on any atom is 0.231 e. The molecule has 106 valence electrons. The molecule has 2 aromatic rings. The van der Waals surface area contributed by atoms with Gasteiger partial charge in [0.05, 0.1) is 12.2 Å². The van der Waals surface area contributed by atoms with Gasteiger partial charge in [-0.2, -0.15) is 0 Å². The lowest BCUT2D eigenvalue weighted by Gasteiger charge is -2.05. The van der Waals surface area contributed by atoms with Crippen LogP contribution in [0.3, 0.4) is 0 Å². The molecule has 4 nitrogen and oxygen atoms in total. The van der Waals surface area contributed by atoms with Gasteiger partial charge >= 0.3 is 0 Å². The second kappa shape index (κ2) is 5.81. The quantitative estimate of drug-likeness (QED) is 0.876. The van der Waals surface area contributed by atoms with Crippen LogP contribution in [0, 0.1) is 0 Å². The van der Waals surface area contributed by atoms with Crippen LogP contribution in [-0.2, 0) is 0 Å². The number of hydrogen-bond acceptors (Lipinski definition) is 4. The molecule has 0 fully saturated rings. The number of hydrogen-bond donors (Lipinski definition) is 1. The highest BCUT2D eigenvalue weighted by Crippen LogP contribution is 2.34. The van der Waals surface area contributed by atoms with Crippen LogP contribution >= 0.6 is 0 Å². The monoisotopic (exact) mass is 282 g/mol. The van der Waals surface area contributed by atoms with Crippen molar-refractivity contribution in [3.8, 4) is 11.5 Å². The lowest BCUT2D eigenvalue weighted by Crippen LogP contribution is -2.01. The van der Waals surface area contributed by atoms with Gasteiger partial charge in [0.25, 0.3) is 0 Å². The van der Waals surface area contributed by atoms with E-state index in [-0.39, 0.29) is 19.0 Å². The molecule has 21 heavy (non-hydrogen) atoms. The van der Waals surface area contributed by atoms with Gasteiger partial charge in [0.15, 0.2) is 5.76 Å². The minimum Gasteiger partial charge on any atom is -0.491 e. The van der Waals surface area contributed by atoms with Crippen LogP contribution < -0.4 is 9.47 Å². The summed E-state index contributed by atoms with van der Waals surface area (Å²) in [5.41, 5.74) is 1.43. The Hall–Kier alpha value is -2.59. The molecule has 4 heteroatoms. The molecule has 0 saturated heterocycles. The van der Waals surface area contributed by atoms with Gasteiger partial charge in [-0.15, -0.1) is 0 Å². The van der Waals surface area contributed by atoms with Crippen LogP contribution in [0.1, 0.15) is 15.9 Å². The number of rotatable bonds is 4. The van der Waals surface area contributed by atoms with E-state index in [1.54, 1.807) is 24.3 Å². The number of Topliss-reactive ketones (excluding diaryl/α,β-unsaturated/α-hetero) is 1. The number of carbonyl (C=O) groups is 1. The van der Waals surface area contributed by atoms with Crippen molar-refractivity contribution < 1.29 is 19.4 Å². The summed E-state index contributed by atoms with van der Waals surface area (Å²) in [6, 6.07) is 14.6. The third kappa shape index (κ3) is 2.80. The summed E-state index contributed by atoms with van der Waals surface area (Å²) in [7, 11) is 0. The van der Waals surface area contributed by atoms with E-state index < -0.39 is 0 Å². The number of aliphatic hydroxyl groups excluding tert-OH is 1. The number of aliphatic hydroxyl groups is 1. The highest BCUT2D eigenvalue weighted by atomic mass is 16.5. The standard InChI is InChI=1S/C17H14O4/c18-8-9-20-13-6-7-14-15(11-13)21-16(17(14)19)10-12-4-2-1-3-5-12/h1-7,10-11,18H,8-9H2/b16-10-. The Labute approximate surface area is 122 Å². The Morgan fingerprint density at radius 2 is 1.95 bits per heavy atom. The normalized spacial score (nSPS) is 14.9. The fraction of sp³-hybridized carbons (Fsp3) is 0.118. The summed E-state index contributed by atoms with van der Waals surface area (Å²) < 4.78 is 10.9.